The molecular weight excluding hydrogens is 299 g/mol. The van der Waals surface area contributed by atoms with Gasteiger partial charge in [-0.2, -0.15) is 11.8 Å². The van der Waals surface area contributed by atoms with E-state index in [2.05, 4.69) is 10.0 Å². The van der Waals surface area contributed by atoms with Crippen LogP contribution in [0.5, 0.6) is 0 Å². The first-order valence-corrected chi connectivity index (χ1v) is 9.11. The molecule has 0 bridgehead atoms. The molecule has 0 amide bonds. The quantitative estimate of drug-likeness (QED) is 0.804. The molecule has 20 heavy (non-hydrogen) atoms. The van der Waals surface area contributed by atoms with Crippen LogP contribution in [0.2, 0.25) is 0 Å². The minimum absolute atomic E-state index is 0.0565. The summed E-state index contributed by atoms with van der Waals surface area (Å²) in [6.45, 7) is 0.721. The highest BCUT2D eigenvalue weighted by Crippen LogP contribution is 2.46. The predicted octanol–water partition coefficient (Wildman–Crippen LogP) is 1.72. The maximum Gasteiger partial charge on any atom is 0.240 e. The fourth-order valence-corrected chi connectivity index (χ4v) is 3.94. The highest BCUT2D eigenvalue weighted by atomic mass is 32.2. The smallest absolute Gasteiger partial charge is 0.240 e. The molecule has 7 heteroatoms. The highest BCUT2D eigenvalue weighted by Gasteiger charge is 2.42. The van der Waals surface area contributed by atoms with E-state index >= 15 is 0 Å². The van der Waals surface area contributed by atoms with E-state index in [1.54, 1.807) is 18.8 Å². The van der Waals surface area contributed by atoms with Gasteiger partial charge in [-0.3, -0.25) is 0 Å². The van der Waals surface area contributed by atoms with E-state index in [-0.39, 0.29) is 9.64 Å². The van der Waals surface area contributed by atoms with Gasteiger partial charge in [0.05, 0.1) is 4.90 Å². The fourth-order valence-electron chi connectivity index (χ4n) is 1.95. The molecule has 0 spiro atoms. The Balaban J connectivity index is 2.14. The number of hydrogen-bond acceptors (Lipinski definition) is 4. The number of halogens is 1. The van der Waals surface area contributed by atoms with Crippen LogP contribution in [-0.4, -0.2) is 33.0 Å². The Labute approximate surface area is 123 Å². The second-order valence-corrected chi connectivity index (χ2v) is 8.04. The lowest BCUT2D eigenvalue weighted by Gasteiger charge is -2.14. The molecule has 0 aromatic heterocycles. The van der Waals surface area contributed by atoms with Crippen LogP contribution in [0.15, 0.2) is 23.1 Å². The fraction of sp³-hybridized carbons (Fsp3) is 0.538. The van der Waals surface area contributed by atoms with Gasteiger partial charge >= 0.3 is 0 Å². The molecular formula is C13H19FN2O2S2. The molecule has 1 aliphatic rings. The zero-order chi connectivity index (χ0) is 14.8. The topological polar surface area (TPSA) is 58.2 Å². The van der Waals surface area contributed by atoms with Crippen molar-refractivity contribution in [1.29, 1.82) is 0 Å². The molecule has 0 aliphatic heterocycles. The summed E-state index contributed by atoms with van der Waals surface area (Å²) in [5, 5.41) is 2.82. The Kier molecular flexibility index (Phi) is 4.73. The van der Waals surface area contributed by atoms with E-state index in [0.717, 1.165) is 12.8 Å². The van der Waals surface area contributed by atoms with E-state index in [1.807, 2.05) is 6.26 Å². The zero-order valence-electron chi connectivity index (χ0n) is 11.6. The van der Waals surface area contributed by atoms with Gasteiger partial charge in [-0.15, -0.1) is 0 Å². The van der Waals surface area contributed by atoms with Crippen molar-refractivity contribution in [3.63, 3.8) is 0 Å². The van der Waals surface area contributed by atoms with Crippen molar-refractivity contribution >= 4 is 21.8 Å². The summed E-state index contributed by atoms with van der Waals surface area (Å²) in [6, 6.07) is 3.88. The molecule has 0 unspecified atom stereocenters. The first-order chi connectivity index (χ1) is 9.42. The normalized spacial score (nSPS) is 17.1. The Bertz CT molecular complexity index is 586. The van der Waals surface area contributed by atoms with Crippen molar-refractivity contribution in [1.82, 2.24) is 10.0 Å². The van der Waals surface area contributed by atoms with Crippen molar-refractivity contribution < 1.29 is 12.8 Å². The van der Waals surface area contributed by atoms with Gasteiger partial charge in [0.1, 0.15) is 5.82 Å². The van der Waals surface area contributed by atoms with Crippen molar-refractivity contribution in [2.45, 2.75) is 29.0 Å². The lowest BCUT2D eigenvalue weighted by molar-refractivity contribution is 0.576. The van der Waals surface area contributed by atoms with Gasteiger partial charge in [0.15, 0.2) is 0 Å². The summed E-state index contributed by atoms with van der Waals surface area (Å²) in [4.78, 5) is 0.112. The van der Waals surface area contributed by atoms with Crippen LogP contribution in [0, 0.1) is 5.82 Å². The first-order valence-electron chi connectivity index (χ1n) is 6.40. The summed E-state index contributed by atoms with van der Waals surface area (Å²) in [5.41, 5.74) is 0.348. The van der Waals surface area contributed by atoms with Crippen molar-refractivity contribution in [3.8, 4) is 0 Å². The molecule has 2 N–H and O–H groups in total. The van der Waals surface area contributed by atoms with Crippen LogP contribution < -0.4 is 10.0 Å². The minimum atomic E-state index is -3.58. The Morgan fingerprint density at radius 1 is 1.40 bits per heavy atom. The van der Waals surface area contributed by atoms with Gasteiger partial charge in [-0.1, -0.05) is 0 Å². The van der Waals surface area contributed by atoms with Gasteiger partial charge in [0.25, 0.3) is 0 Å². The third-order valence-corrected chi connectivity index (χ3v) is 6.34. The monoisotopic (exact) mass is 318 g/mol. The van der Waals surface area contributed by atoms with Crippen molar-refractivity contribution in [2.24, 2.45) is 0 Å². The third-order valence-electron chi connectivity index (χ3n) is 3.52. The maximum atomic E-state index is 13.5. The van der Waals surface area contributed by atoms with Crippen molar-refractivity contribution in [2.75, 3.05) is 19.8 Å². The molecule has 0 saturated heterocycles. The van der Waals surface area contributed by atoms with Gasteiger partial charge in [-0.05, 0) is 44.3 Å². The second-order valence-electron chi connectivity index (χ2n) is 5.00. The van der Waals surface area contributed by atoms with Crippen LogP contribution >= 0.6 is 11.8 Å². The third kappa shape index (κ3) is 3.52. The second kappa shape index (κ2) is 6.01. The summed E-state index contributed by atoms with van der Waals surface area (Å²) < 4.78 is 40.7. The van der Waals surface area contributed by atoms with Crippen LogP contribution in [0.3, 0.4) is 0 Å². The SMILES string of the molecule is CNCc1cc(S(=O)(=O)NCC2(SC)CC2)ccc1F. The molecule has 4 nitrogen and oxygen atoms in total. The van der Waals surface area contributed by atoms with Crippen LogP contribution in [0.1, 0.15) is 18.4 Å². The Hall–Kier alpha value is -0.630. The van der Waals surface area contributed by atoms with Crippen LogP contribution in [0.4, 0.5) is 4.39 Å². The summed E-state index contributed by atoms with van der Waals surface area (Å²) in [6.07, 6.45) is 4.06. The number of rotatable bonds is 7. The number of sulfonamides is 1. The molecule has 1 aliphatic carbocycles. The van der Waals surface area contributed by atoms with E-state index in [1.165, 1.54) is 18.2 Å². The number of hydrogen-bond donors (Lipinski definition) is 2. The minimum Gasteiger partial charge on any atom is -0.316 e. The molecule has 1 aromatic carbocycles. The molecule has 0 heterocycles. The highest BCUT2D eigenvalue weighted by molar-refractivity contribution is 8.00. The van der Waals surface area contributed by atoms with Gasteiger partial charge in [0.2, 0.25) is 10.0 Å². The molecule has 1 aromatic rings. The average Bonchev–Trinajstić information content (AvgIpc) is 3.20. The zero-order valence-corrected chi connectivity index (χ0v) is 13.2. The molecule has 1 fully saturated rings. The van der Waals surface area contributed by atoms with Crippen LogP contribution in [0.25, 0.3) is 0 Å². The Morgan fingerprint density at radius 3 is 2.65 bits per heavy atom. The molecule has 0 radical (unpaired) electrons. The van der Waals surface area contributed by atoms with E-state index in [4.69, 9.17) is 0 Å². The van der Waals surface area contributed by atoms with E-state index in [9.17, 15) is 12.8 Å². The summed E-state index contributed by atoms with van der Waals surface area (Å²) in [7, 11) is -1.89. The Morgan fingerprint density at radius 2 is 2.10 bits per heavy atom. The first kappa shape index (κ1) is 15.8. The lowest BCUT2D eigenvalue weighted by atomic mass is 10.2. The number of thioether (sulfide) groups is 1. The molecule has 1 saturated carbocycles. The summed E-state index contributed by atoms with van der Waals surface area (Å²) >= 11 is 1.69. The molecule has 2 rings (SSSR count). The molecule has 112 valence electrons. The average molecular weight is 318 g/mol. The largest absolute Gasteiger partial charge is 0.316 e. The number of benzene rings is 1. The maximum absolute atomic E-state index is 13.5. The summed E-state index contributed by atoms with van der Waals surface area (Å²) in [5.74, 6) is -0.402. The predicted molar refractivity (Wildman–Crippen MR) is 79.8 cm³/mol. The van der Waals surface area contributed by atoms with E-state index < -0.39 is 15.8 Å². The standard InChI is InChI=1S/C13H19FN2O2S2/c1-15-8-10-7-11(3-4-12(10)14)20(17,18)16-9-13(19-2)5-6-13/h3-4,7,15-16H,5-6,8-9H2,1-2H3. The lowest BCUT2D eigenvalue weighted by Crippen LogP contribution is -2.31. The number of nitrogens with one attached hydrogen (secondary N) is 2. The van der Waals surface area contributed by atoms with Gasteiger partial charge in [0, 0.05) is 23.4 Å². The van der Waals surface area contributed by atoms with Gasteiger partial charge < -0.3 is 5.32 Å². The van der Waals surface area contributed by atoms with Gasteiger partial charge in [-0.25, -0.2) is 17.5 Å². The van der Waals surface area contributed by atoms with Crippen LogP contribution in [-0.2, 0) is 16.6 Å². The van der Waals surface area contributed by atoms with E-state index in [0.29, 0.717) is 18.7 Å². The molecule has 0 atom stereocenters. The van der Waals surface area contributed by atoms with Crippen molar-refractivity contribution in [3.05, 3.63) is 29.6 Å².